The van der Waals surface area contributed by atoms with Crippen LogP contribution in [0, 0.1) is 23.7 Å². The van der Waals surface area contributed by atoms with Crippen molar-refractivity contribution in [3.05, 3.63) is 0 Å². The quantitative estimate of drug-likeness (QED) is 0.306. The molecule has 0 N–H and O–H groups in total. The highest BCUT2D eigenvalue weighted by molar-refractivity contribution is 4.69. The average Bonchev–Trinajstić information content (AvgIpc) is 2.51. The second-order valence-electron chi connectivity index (χ2n) is 7.53. The Morgan fingerprint density at radius 3 is 1.52 bits per heavy atom. The van der Waals surface area contributed by atoms with E-state index in [2.05, 4.69) is 41.5 Å². The van der Waals surface area contributed by atoms with Crippen LogP contribution in [0.5, 0.6) is 0 Å². The largest absolute Gasteiger partial charge is 0.0654 e. The van der Waals surface area contributed by atoms with Gasteiger partial charge < -0.3 is 0 Å². The van der Waals surface area contributed by atoms with Gasteiger partial charge in [-0.05, 0) is 36.5 Å². The van der Waals surface area contributed by atoms with E-state index >= 15 is 0 Å². The SMILES string of the molecule is CCCC(CC)CC(CC)CC(CC)CCCC(C)CC. The van der Waals surface area contributed by atoms with Crippen molar-refractivity contribution in [2.24, 2.45) is 23.7 Å². The average molecular weight is 297 g/mol. The van der Waals surface area contributed by atoms with E-state index in [1.807, 2.05) is 0 Å². The van der Waals surface area contributed by atoms with Gasteiger partial charge in [-0.1, -0.05) is 99.3 Å². The lowest BCUT2D eigenvalue weighted by Crippen LogP contribution is -2.13. The molecule has 128 valence electrons. The first kappa shape index (κ1) is 21.0. The van der Waals surface area contributed by atoms with Crippen LogP contribution in [0.15, 0.2) is 0 Å². The summed E-state index contributed by atoms with van der Waals surface area (Å²) >= 11 is 0. The molecule has 0 heteroatoms. The Bertz CT molecular complexity index is 208. The number of rotatable bonds is 14. The molecular weight excluding hydrogens is 252 g/mol. The Hall–Kier alpha value is 0. The minimum atomic E-state index is 0.929. The van der Waals surface area contributed by atoms with Crippen LogP contribution in [-0.2, 0) is 0 Å². The molecule has 0 heterocycles. The van der Waals surface area contributed by atoms with E-state index in [0.29, 0.717) is 0 Å². The van der Waals surface area contributed by atoms with Gasteiger partial charge in [0.2, 0.25) is 0 Å². The second kappa shape index (κ2) is 13.6. The molecule has 0 fully saturated rings. The van der Waals surface area contributed by atoms with Gasteiger partial charge in [-0.25, -0.2) is 0 Å². The van der Waals surface area contributed by atoms with Gasteiger partial charge in [0.05, 0.1) is 0 Å². The molecule has 0 saturated carbocycles. The Balaban J connectivity index is 4.15. The summed E-state index contributed by atoms with van der Waals surface area (Å²) in [7, 11) is 0. The Morgan fingerprint density at radius 2 is 1.10 bits per heavy atom. The van der Waals surface area contributed by atoms with Gasteiger partial charge in [0, 0.05) is 0 Å². The zero-order valence-electron chi connectivity index (χ0n) is 16.1. The van der Waals surface area contributed by atoms with Crippen LogP contribution in [0.3, 0.4) is 0 Å². The smallest absolute Gasteiger partial charge is 0.0412 e. The van der Waals surface area contributed by atoms with E-state index in [0.717, 1.165) is 23.7 Å². The first-order chi connectivity index (χ1) is 10.1. The van der Waals surface area contributed by atoms with Gasteiger partial charge in [-0.15, -0.1) is 0 Å². The summed E-state index contributed by atoms with van der Waals surface area (Å²) in [6.45, 7) is 14.3. The first-order valence-corrected chi connectivity index (χ1v) is 10.1. The topological polar surface area (TPSA) is 0 Å². The molecule has 0 amide bonds. The zero-order valence-corrected chi connectivity index (χ0v) is 16.1. The fourth-order valence-corrected chi connectivity index (χ4v) is 3.72. The predicted octanol–water partition coefficient (Wildman–Crippen LogP) is 7.86. The molecule has 0 spiro atoms. The van der Waals surface area contributed by atoms with E-state index < -0.39 is 0 Å². The zero-order chi connectivity index (χ0) is 16.1. The molecule has 0 nitrogen and oxygen atoms in total. The Morgan fingerprint density at radius 1 is 0.571 bits per heavy atom. The van der Waals surface area contributed by atoms with Crippen molar-refractivity contribution in [1.29, 1.82) is 0 Å². The highest BCUT2D eigenvalue weighted by Crippen LogP contribution is 2.31. The summed E-state index contributed by atoms with van der Waals surface area (Å²) in [5.41, 5.74) is 0. The Kier molecular flexibility index (Phi) is 13.6. The van der Waals surface area contributed by atoms with Gasteiger partial charge in [0.1, 0.15) is 0 Å². The molecule has 0 radical (unpaired) electrons. The number of hydrogen-bond acceptors (Lipinski definition) is 0. The van der Waals surface area contributed by atoms with Crippen molar-refractivity contribution in [1.82, 2.24) is 0 Å². The lowest BCUT2D eigenvalue weighted by atomic mass is 9.80. The van der Waals surface area contributed by atoms with E-state index in [-0.39, 0.29) is 0 Å². The summed E-state index contributed by atoms with van der Waals surface area (Å²) in [6.07, 6.45) is 15.7. The molecule has 4 unspecified atom stereocenters. The van der Waals surface area contributed by atoms with Gasteiger partial charge in [-0.3, -0.25) is 0 Å². The van der Waals surface area contributed by atoms with E-state index in [4.69, 9.17) is 0 Å². The van der Waals surface area contributed by atoms with Crippen molar-refractivity contribution in [3.63, 3.8) is 0 Å². The van der Waals surface area contributed by atoms with Crippen LogP contribution in [0.4, 0.5) is 0 Å². The third-order valence-electron chi connectivity index (χ3n) is 5.77. The summed E-state index contributed by atoms with van der Waals surface area (Å²) in [6, 6.07) is 0. The molecule has 0 aliphatic carbocycles. The summed E-state index contributed by atoms with van der Waals surface area (Å²) in [5.74, 6) is 3.88. The number of hydrogen-bond donors (Lipinski definition) is 0. The predicted molar refractivity (Wildman–Crippen MR) is 98.8 cm³/mol. The van der Waals surface area contributed by atoms with Crippen molar-refractivity contribution in [2.45, 2.75) is 112 Å². The molecule has 0 aromatic carbocycles. The molecule has 0 aromatic rings. The van der Waals surface area contributed by atoms with E-state index in [9.17, 15) is 0 Å². The lowest BCUT2D eigenvalue weighted by Gasteiger charge is -2.26. The molecule has 0 aliphatic rings. The molecule has 4 atom stereocenters. The third kappa shape index (κ3) is 10.4. The Labute approximate surface area is 136 Å². The molecule has 0 aliphatic heterocycles. The van der Waals surface area contributed by atoms with Crippen molar-refractivity contribution in [3.8, 4) is 0 Å². The monoisotopic (exact) mass is 296 g/mol. The molecule has 0 rings (SSSR count). The minimum Gasteiger partial charge on any atom is -0.0654 e. The van der Waals surface area contributed by atoms with Crippen LogP contribution in [0.2, 0.25) is 0 Å². The normalized spacial score (nSPS) is 17.4. The van der Waals surface area contributed by atoms with Crippen molar-refractivity contribution in [2.75, 3.05) is 0 Å². The molecule has 0 saturated heterocycles. The highest BCUT2D eigenvalue weighted by Gasteiger charge is 2.17. The van der Waals surface area contributed by atoms with Crippen LogP contribution in [0.25, 0.3) is 0 Å². The standard InChI is InChI=1S/C21H44/c1-7-13-19(9-3)16-21(11-5)17-20(10-4)15-12-14-18(6)8-2/h18-21H,7-17H2,1-6H3. The van der Waals surface area contributed by atoms with Crippen LogP contribution in [-0.4, -0.2) is 0 Å². The maximum atomic E-state index is 2.41. The second-order valence-corrected chi connectivity index (χ2v) is 7.53. The lowest BCUT2D eigenvalue weighted by molar-refractivity contribution is 0.264. The van der Waals surface area contributed by atoms with Gasteiger partial charge in [-0.2, -0.15) is 0 Å². The molecular formula is C21H44. The minimum absolute atomic E-state index is 0.929. The van der Waals surface area contributed by atoms with Gasteiger partial charge in [0.15, 0.2) is 0 Å². The van der Waals surface area contributed by atoms with Crippen LogP contribution in [0.1, 0.15) is 112 Å². The third-order valence-corrected chi connectivity index (χ3v) is 5.77. The fraction of sp³-hybridized carbons (Fsp3) is 1.00. The van der Waals surface area contributed by atoms with E-state index in [1.54, 1.807) is 0 Å². The first-order valence-electron chi connectivity index (χ1n) is 10.1. The molecule has 21 heavy (non-hydrogen) atoms. The molecule has 0 aromatic heterocycles. The summed E-state index contributed by atoms with van der Waals surface area (Å²) < 4.78 is 0. The van der Waals surface area contributed by atoms with Gasteiger partial charge >= 0.3 is 0 Å². The maximum absolute atomic E-state index is 2.41. The van der Waals surface area contributed by atoms with Crippen molar-refractivity contribution < 1.29 is 0 Å². The van der Waals surface area contributed by atoms with Crippen LogP contribution >= 0.6 is 0 Å². The fourth-order valence-electron chi connectivity index (χ4n) is 3.72. The van der Waals surface area contributed by atoms with Crippen LogP contribution < -0.4 is 0 Å². The summed E-state index contributed by atoms with van der Waals surface area (Å²) in [5, 5.41) is 0. The highest BCUT2D eigenvalue weighted by atomic mass is 14.2. The maximum Gasteiger partial charge on any atom is -0.0412 e. The van der Waals surface area contributed by atoms with Gasteiger partial charge in [0.25, 0.3) is 0 Å². The van der Waals surface area contributed by atoms with E-state index in [1.165, 1.54) is 70.6 Å². The summed E-state index contributed by atoms with van der Waals surface area (Å²) in [4.78, 5) is 0. The van der Waals surface area contributed by atoms with Crippen molar-refractivity contribution >= 4 is 0 Å². The molecule has 0 bridgehead atoms.